The van der Waals surface area contributed by atoms with Crippen LogP contribution in [0, 0.1) is 5.82 Å². The number of carboxylic acids is 1. The van der Waals surface area contributed by atoms with Gasteiger partial charge in [0.25, 0.3) is 0 Å². The molecule has 21 heavy (non-hydrogen) atoms. The van der Waals surface area contributed by atoms with Crippen LogP contribution in [0.2, 0.25) is 0 Å². The summed E-state index contributed by atoms with van der Waals surface area (Å²) in [6.07, 6.45) is -0.343. The number of likely N-dealkylation sites (tertiary alicyclic amines) is 1. The standard InChI is InChI=1S/C14H17FN2O4/c15-10-3-1-2-9(6-10)4-5-16-14(21)17-8-11(18)7-12(17)13(19)20/h1-3,6,11-12,18H,4-5,7-8H2,(H,16,21)(H,19,20)/t11-,12-/m0/s1. The maximum atomic E-state index is 13.0. The Bertz CT molecular complexity index is 537. The molecule has 0 saturated carbocycles. The van der Waals surface area contributed by atoms with Gasteiger partial charge in [0.1, 0.15) is 11.9 Å². The van der Waals surface area contributed by atoms with Crippen LogP contribution in [0.4, 0.5) is 9.18 Å². The number of urea groups is 1. The van der Waals surface area contributed by atoms with E-state index in [2.05, 4.69) is 5.32 Å². The molecule has 114 valence electrons. The normalized spacial score (nSPS) is 21.3. The maximum Gasteiger partial charge on any atom is 0.326 e. The van der Waals surface area contributed by atoms with E-state index in [-0.39, 0.29) is 25.3 Å². The van der Waals surface area contributed by atoms with Gasteiger partial charge in [-0.25, -0.2) is 14.0 Å². The lowest BCUT2D eigenvalue weighted by Crippen LogP contribution is -2.46. The van der Waals surface area contributed by atoms with Gasteiger partial charge in [0.05, 0.1) is 6.10 Å². The van der Waals surface area contributed by atoms with Crippen LogP contribution >= 0.6 is 0 Å². The molecule has 0 unspecified atom stereocenters. The highest BCUT2D eigenvalue weighted by Crippen LogP contribution is 2.18. The van der Waals surface area contributed by atoms with Crippen LogP contribution < -0.4 is 5.32 Å². The van der Waals surface area contributed by atoms with E-state index in [1.807, 2.05) is 0 Å². The molecule has 2 atom stereocenters. The van der Waals surface area contributed by atoms with Crippen molar-refractivity contribution in [2.75, 3.05) is 13.1 Å². The first-order chi connectivity index (χ1) is 9.97. The van der Waals surface area contributed by atoms with Crippen molar-refractivity contribution < 1.29 is 24.2 Å². The number of halogens is 1. The van der Waals surface area contributed by atoms with Crippen molar-refractivity contribution in [2.45, 2.75) is 25.0 Å². The van der Waals surface area contributed by atoms with Crippen molar-refractivity contribution in [3.63, 3.8) is 0 Å². The monoisotopic (exact) mass is 296 g/mol. The van der Waals surface area contributed by atoms with Crippen LogP contribution in [0.3, 0.4) is 0 Å². The quantitative estimate of drug-likeness (QED) is 0.759. The Balaban J connectivity index is 1.85. The van der Waals surface area contributed by atoms with Gasteiger partial charge in [0.2, 0.25) is 0 Å². The molecule has 7 heteroatoms. The number of nitrogens with zero attached hydrogens (tertiary/aromatic N) is 1. The number of carbonyl (C=O) groups excluding carboxylic acids is 1. The summed E-state index contributed by atoms with van der Waals surface area (Å²) in [5, 5.41) is 21.1. The van der Waals surface area contributed by atoms with E-state index in [1.54, 1.807) is 12.1 Å². The number of aliphatic carboxylic acids is 1. The molecule has 1 aliphatic heterocycles. The van der Waals surface area contributed by atoms with Crippen molar-refractivity contribution in [1.29, 1.82) is 0 Å². The van der Waals surface area contributed by atoms with Crippen molar-refractivity contribution in [3.8, 4) is 0 Å². The largest absolute Gasteiger partial charge is 0.480 e. The van der Waals surface area contributed by atoms with Crippen LogP contribution in [0.25, 0.3) is 0 Å². The Morgan fingerprint density at radius 1 is 1.43 bits per heavy atom. The third kappa shape index (κ3) is 3.91. The van der Waals surface area contributed by atoms with Gasteiger partial charge in [-0.05, 0) is 24.1 Å². The Hall–Kier alpha value is -2.15. The number of hydrogen-bond donors (Lipinski definition) is 3. The van der Waals surface area contributed by atoms with Gasteiger partial charge in [-0.15, -0.1) is 0 Å². The van der Waals surface area contributed by atoms with E-state index in [4.69, 9.17) is 5.11 Å². The lowest BCUT2D eigenvalue weighted by molar-refractivity contribution is -0.141. The molecular formula is C14H17FN2O4. The third-order valence-electron chi connectivity index (χ3n) is 3.40. The number of carboxylic acid groups (broad SMARTS) is 1. The average molecular weight is 296 g/mol. The summed E-state index contributed by atoms with van der Waals surface area (Å²) >= 11 is 0. The summed E-state index contributed by atoms with van der Waals surface area (Å²) < 4.78 is 13.0. The molecule has 1 aliphatic rings. The van der Waals surface area contributed by atoms with Gasteiger partial charge in [0, 0.05) is 19.5 Å². The van der Waals surface area contributed by atoms with Crippen LogP contribution in [0.15, 0.2) is 24.3 Å². The maximum absolute atomic E-state index is 13.0. The number of carbonyl (C=O) groups is 2. The molecule has 3 N–H and O–H groups in total. The first-order valence-corrected chi connectivity index (χ1v) is 6.67. The minimum Gasteiger partial charge on any atom is -0.480 e. The Morgan fingerprint density at radius 3 is 2.86 bits per heavy atom. The second kappa shape index (κ2) is 6.53. The summed E-state index contributed by atoms with van der Waals surface area (Å²) in [7, 11) is 0. The molecule has 6 nitrogen and oxygen atoms in total. The fourth-order valence-corrected chi connectivity index (χ4v) is 2.38. The summed E-state index contributed by atoms with van der Waals surface area (Å²) in [5.41, 5.74) is 0.742. The number of rotatable bonds is 4. The highest BCUT2D eigenvalue weighted by molar-refractivity contribution is 5.83. The zero-order chi connectivity index (χ0) is 15.4. The third-order valence-corrected chi connectivity index (χ3v) is 3.40. The Kier molecular flexibility index (Phi) is 4.74. The Morgan fingerprint density at radius 2 is 2.19 bits per heavy atom. The van der Waals surface area contributed by atoms with Crippen molar-refractivity contribution in [3.05, 3.63) is 35.6 Å². The number of amides is 2. The van der Waals surface area contributed by atoms with E-state index in [0.29, 0.717) is 6.42 Å². The van der Waals surface area contributed by atoms with Crippen molar-refractivity contribution >= 4 is 12.0 Å². The molecule has 0 aromatic heterocycles. The number of nitrogens with one attached hydrogen (secondary N) is 1. The molecule has 0 radical (unpaired) electrons. The molecule has 0 spiro atoms. The SMILES string of the molecule is O=C(O)[C@@H]1C[C@H](O)CN1C(=O)NCCc1cccc(F)c1. The van der Waals surface area contributed by atoms with Gasteiger partial charge in [0.15, 0.2) is 0 Å². The van der Waals surface area contributed by atoms with Gasteiger partial charge in [-0.1, -0.05) is 12.1 Å². The molecule has 1 aromatic rings. The summed E-state index contributed by atoms with van der Waals surface area (Å²) in [6.45, 7) is 0.268. The van der Waals surface area contributed by atoms with E-state index < -0.39 is 24.1 Å². The summed E-state index contributed by atoms with van der Waals surface area (Å²) in [4.78, 5) is 24.1. The molecule has 2 amide bonds. The highest BCUT2D eigenvalue weighted by Gasteiger charge is 2.38. The molecule has 1 fully saturated rings. The van der Waals surface area contributed by atoms with Gasteiger partial charge in [-0.3, -0.25) is 0 Å². The predicted octanol–water partition coefficient (Wildman–Crippen LogP) is 0.598. The first kappa shape index (κ1) is 15.2. The van der Waals surface area contributed by atoms with Crippen molar-refractivity contribution in [1.82, 2.24) is 10.2 Å². The molecule has 1 saturated heterocycles. The zero-order valence-electron chi connectivity index (χ0n) is 11.3. The summed E-state index contributed by atoms with van der Waals surface area (Å²) in [6, 6.07) is 4.51. The number of hydrogen-bond acceptors (Lipinski definition) is 3. The van der Waals surface area contributed by atoms with Gasteiger partial charge >= 0.3 is 12.0 Å². The van der Waals surface area contributed by atoms with E-state index in [9.17, 15) is 19.1 Å². The van der Waals surface area contributed by atoms with Crippen LogP contribution in [-0.2, 0) is 11.2 Å². The molecule has 1 aromatic carbocycles. The van der Waals surface area contributed by atoms with Crippen LogP contribution in [0.5, 0.6) is 0 Å². The number of aliphatic hydroxyl groups is 1. The number of benzene rings is 1. The average Bonchev–Trinajstić information content (AvgIpc) is 2.81. The Labute approximate surface area is 121 Å². The number of β-amino-alcohol motifs (C(OH)–C–C–N with tert-alkyl or cyclic N) is 1. The molecule has 0 aliphatic carbocycles. The fourth-order valence-electron chi connectivity index (χ4n) is 2.38. The highest BCUT2D eigenvalue weighted by atomic mass is 19.1. The van der Waals surface area contributed by atoms with Crippen molar-refractivity contribution in [2.24, 2.45) is 0 Å². The van der Waals surface area contributed by atoms with Gasteiger partial charge in [-0.2, -0.15) is 0 Å². The minimum absolute atomic E-state index is 0.00274. The van der Waals surface area contributed by atoms with E-state index in [0.717, 1.165) is 10.5 Å². The molecule has 2 rings (SSSR count). The molecule has 0 bridgehead atoms. The molecular weight excluding hydrogens is 279 g/mol. The lowest BCUT2D eigenvalue weighted by Gasteiger charge is -2.21. The first-order valence-electron chi connectivity index (χ1n) is 6.67. The second-order valence-corrected chi connectivity index (χ2v) is 5.01. The molecule has 1 heterocycles. The van der Waals surface area contributed by atoms with E-state index >= 15 is 0 Å². The van der Waals surface area contributed by atoms with Crippen LogP contribution in [0.1, 0.15) is 12.0 Å². The predicted molar refractivity (Wildman–Crippen MR) is 72.3 cm³/mol. The minimum atomic E-state index is -1.13. The van der Waals surface area contributed by atoms with E-state index in [1.165, 1.54) is 12.1 Å². The second-order valence-electron chi connectivity index (χ2n) is 5.01. The van der Waals surface area contributed by atoms with Gasteiger partial charge < -0.3 is 20.4 Å². The zero-order valence-corrected chi connectivity index (χ0v) is 11.3. The van der Waals surface area contributed by atoms with Crippen LogP contribution in [-0.4, -0.2) is 52.3 Å². The number of aliphatic hydroxyl groups excluding tert-OH is 1. The smallest absolute Gasteiger partial charge is 0.326 e. The topological polar surface area (TPSA) is 89.9 Å². The fraction of sp³-hybridized carbons (Fsp3) is 0.429. The summed E-state index contributed by atoms with van der Waals surface area (Å²) in [5.74, 6) is -1.47. The lowest BCUT2D eigenvalue weighted by atomic mass is 10.1.